The summed E-state index contributed by atoms with van der Waals surface area (Å²) in [6.07, 6.45) is 5.37. The molecule has 0 spiro atoms. The van der Waals surface area contributed by atoms with Crippen molar-refractivity contribution in [2.75, 3.05) is 29.5 Å². The third kappa shape index (κ3) is 4.03. The van der Waals surface area contributed by atoms with E-state index in [-0.39, 0.29) is 0 Å². The van der Waals surface area contributed by atoms with Crippen LogP contribution in [0.25, 0.3) is 0 Å². The number of hydrogen-bond acceptors (Lipinski definition) is 8. The molecule has 8 heteroatoms. The van der Waals surface area contributed by atoms with E-state index in [9.17, 15) is 0 Å². The van der Waals surface area contributed by atoms with E-state index in [1.807, 2.05) is 0 Å². The van der Waals surface area contributed by atoms with Gasteiger partial charge in [0.1, 0.15) is 29.6 Å². The van der Waals surface area contributed by atoms with Gasteiger partial charge in [0.2, 0.25) is 0 Å². The summed E-state index contributed by atoms with van der Waals surface area (Å²) in [5, 5.41) is 6.17. The van der Waals surface area contributed by atoms with E-state index in [1.165, 1.54) is 12.5 Å². The normalized spacial score (nSPS) is 10.2. The molecular formula is C11H16N8. The van der Waals surface area contributed by atoms with Crippen LogP contribution in [0.3, 0.4) is 0 Å². The van der Waals surface area contributed by atoms with Crippen molar-refractivity contribution >= 4 is 23.3 Å². The van der Waals surface area contributed by atoms with Gasteiger partial charge >= 0.3 is 0 Å². The van der Waals surface area contributed by atoms with Crippen LogP contribution in [0.15, 0.2) is 24.8 Å². The molecular weight excluding hydrogens is 244 g/mol. The van der Waals surface area contributed by atoms with Gasteiger partial charge in [-0.25, -0.2) is 19.9 Å². The van der Waals surface area contributed by atoms with Crippen LogP contribution < -0.4 is 22.1 Å². The van der Waals surface area contributed by atoms with Crippen molar-refractivity contribution in [1.82, 2.24) is 19.9 Å². The molecule has 0 aliphatic carbocycles. The summed E-state index contributed by atoms with van der Waals surface area (Å²) < 4.78 is 0. The van der Waals surface area contributed by atoms with Crippen LogP contribution in [-0.4, -0.2) is 33.0 Å². The second kappa shape index (κ2) is 6.45. The molecule has 2 heterocycles. The van der Waals surface area contributed by atoms with Crippen molar-refractivity contribution in [3.63, 3.8) is 0 Å². The Morgan fingerprint density at radius 2 is 1.84 bits per heavy atom. The number of rotatable bonds is 6. The quantitative estimate of drug-likeness (QED) is 0.548. The number of nitrogens with one attached hydrogen (secondary N) is 2. The van der Waals surface area contributed by atoms with E-state index in [2.05, 4.69) is 30.6 Å². The van der Waals surface area contributed by atoms with Crippen LogP contribution >= 0.6 is 0 Å². The van der Waals surface area contributed by atoms with Crippen molar-refractivity contribution < 1.29 is 0 Å². The van der Waals surface area contributed by atoms with Gasteiger partial charge < -0.3 is 22.1 Å². The third-order valence-electron chi connectivity index (χ3n) is 2.28. The average molecular weight is 260 g/mol. The van der Waals surface area contributed by atoms with Crippen LogP contribution in [-0.2, 0) is 0 Å². The van der Waals surface area contributed by atoms with Gasteiger partial charge in [0, 0.05) is 12.6 Å². The Bertz CT molecular complexity index is 512. The van der Waals surface area contributed by atoms with E-state index in [0.717, 1.165) is 18.8 Å². The molecule has 0 aromatic carbocycles. The standard InChI is InChI=1S/C11H16N8/c12-2-1-3-14-9-4-10(18-7-17-9)19-11-6-15-8(13)5-16-11/h4-7H,1-3,12H2,(H2,13,15)(H2,14,16,17,18,19). The van der Waals surface area contributed by atoms with Crippen molar-refractivity contribution in [2.24, 2.45) is 5.73 Å². The number of nitrogen functional groups attached to an aromatic ring is 1. The largest absolute Gasteiger partial charge is 0.382 e. The summed E-state index contributed by atoms with van der Waals surface area (Å²) in [5.74, 6) is 2.30. The molecule has 0 unspecified atom stereocenters. The maximum Gasteiger partial charge on any atom is 0.150 e. The van der Waals surface area contributed by atoms with Gasteiger partial charge in [-0.15, -0.1) is 0 Å². The zero-order valence-corrected chi connectivity index (χ0v) is 10.4. The van der Waals surface area contributed by atoms with Crippen LogP contribution in [0.2, 0.25) is 0 Å². The SMILES string of the molecule is NCCCNc1cc(Nc2cnc(N)cn2)ncn1. The highest BCUT2D eigenvalue weighted by Crippen LogP contribution is 2.13. The van der Waals surface area contributed by atoms with E-state index in [4.69, 9.17) is 11.5 Å². The lowest BCUT2D eigenvalue weighted by Crippen LogP contribution is -2.09. The minimum atomic E-state index is 0.373. The second-order valence-corrected chi connectivity index (χ2v) is 3.81. The van der Waals surface area contributed by atoms with Gasteiger partial charge in [0.05, 0.1) is 12.4 Å². The van der Waals surface area contributed by atoms with E-state index < -0.39 is 0 Å². The summed E-state index contributed by atoms with van der Waals surface area (Å²) in [6.45, 7) is 1.42. The van der Waals surface area contributed by atoms with Crippen LogP contribution in [0, 0.1) is 0 Å². The van der Waals surface area contributed by atoms with Crippen molar-refractivity contribution in [1.29, 1.82) is 0 Å². The van der Waals surface area contributed by atoms with E-state index in [1.54, 1.807) is 12.3 Å². The molecule has 0 fully saturated rings. The molecule has 0 saturated heterocycles. The number of aromatic nitrogens is 4. The lowest BCUT2D eigenvalue weighted by molar-refractivity contribution is 0.869. The number of hydrogen-bond donors (Lipinski definition) is 4. The van der Waals surface area contributed by atoms with Gasteiger partial charge in [-0.2, -0.15) is 0 Å². The first-order valence-corrected chi connectivity index (χ1v) is 5.88. The van der Waals surface area contributed by atoms with Gasteiger partial charge in [0.25, 0.3) is 0 Å². The monoisotopic (exact) mass is 260 g/mol. The highest BCUT2D eigenvalue weighted by molar-refractivity contribution is 5.55. The first-order chi connectivity index (χ1) is 9.28. The molecule has 0 radical (unpaired) electrons. The van der Waals surface area contributed by atoms with Crippen molar-refractivity contribution in [3.05, 3.63) is 24.8 Å². The van der Waals surface area contributed by atoms with Crippen LogP contribution in [0.5, 0.6) is 0 Å². The molecule has 0 aliphatic rings. The Hall–Kier alpha value is -2.48. The molecule has 8 nitrogen and oxygen atoms in total. The number of nitrogens with two attached hydrogens (primary N) is 2. The van der Waals surface area contributed by atoms with Crippen molar-refractivity contribution in [3.8, 4) is 0 Å². The molecule has 2 rings (SSSR count). The van der Waals surface area contributed by atoms with Gasteiger partial charge in [-0.1, -0.05) is 0 Å². The highest BCUT2D eigenvalue weighted by Gasteiger charge is 2.00. The zero-order valence-electron chi connectivity index (χ0n) is 10.4. The van der Waals surface area contributed by atoms with Gasteiger partial charge in [0.15, 0.2) is 0 Å². The smallest absolute Gasteiger partial charge is 0.150 e. The summed E-state index contributed by atoms with van der Waals surface area (Å²) in [7, 11) is 0. The molecule has 2 aromatic rings. The summed E-state index contributed by atoms with van der Waals surface area (Å²) in [5.41, 5.74) is 10.9. The Morgan fingerprint density at radius 3 is 2.58 bits per heavy atom. The number of anilines is 4. The maximum absolute atomic E-state index is 5.46. The van der Waals surface area contributed by atoms with Gasteiger partial charge in [-0.3, -0.25) is 0 Å². The van der Waals surface area contributed by atoms with E-state index >= 15 is 0 Å². The number of nitrogens with zero attached hydrogens (tertiary/aromatic N) is 4. The molecule has 0 atom stereocenters. The lowest BCUT2D eigenvalue weighted by atomic mass is 10.4. The minimum Gasteiger partial charge on any atom is -0.382 e. The molecule has 0 bridgehead atoms. The predicted octanol–water partition coefficient (Wildman–Crippen LogP) is 0.353. The lowest BCUT2D eigenvalue weighted by Gasteiger charge is -2.07. The summed E-state index contributed by atoms with van der Waals surface area (Å²) in [6, 6.07) is 1.79. The Labute approximate surface area is 110 Å². The van der Waals surface area contributed by atoms with Gasteiger partial charge in [-0.05, 0) is 13.0 Å². The fraction of sp³-hybridized carbons (Fsp3) is 0.273. The predicted molar refractivity (Wildman–Crippen MR) is 73.9 cm³/mol. The first kappa shape index (κ1) is 13.0. The third-order valence-corrected chi connectivity index (χ3v) is 2.28. The average Bonchev–Trinajstić information content (AvgIpc) is 2.42. The Kier molecular flexibility index (Phi) is 4.40. The Morgan fingerprint density at radius 1 is 1.00 bits per heavy atom. The molecule has 19 heavy (non-hydrogen) atoms. The minimum absolute atomic E-state index is 0.373. The summed E-state index contributed by atoms with van der Waals surface area (Å²) in [4.78, 5) is 16.2. The maximum atomic E-state index is 5.46. The first-order valence-electron chi connectivity index (χ1n) is 5.88. The fourth-order valence-corrected chi connectivity index (χ4v) is 1.37. The van der Waals surface area contributed by atoms with Crippen molar-refractivity contribution in [2.45, 2.75) is 6.42 Å². The van der Waals surface area contributed by atoms with Crippen LogP contribution in [0.1, 0.15) is 6.42 Å². The van der Waals surface area contributed by atoms with Crippen LogP contribution in [0.4, 0.5) is 23.3 Å². The Balaban J connectivity index is 2.00. The molecule has 0 amide bonds. The molecule has 2 aromatic heterocycles. The van der Waals surface area contributed by atoms with E-state index in [0.29, 0.717) is 24.0 Å². The second-order valence-electron chi connectivity index (χ2n) is 3.81. The molecule has 100 valence electrons. The fourth-order valence-electron chi connectivity index (χ4n) is 1.37. The molecule has 6 N–H and O–H groups in total. The topological polar surface area (TPSA) is 128 Å². The molecule has 0 aliphatic heterocycles. The zero-order chi connectivity index (χ0) is 13.5. The molecule has 0 saturated carbocycles. The highest BCUT2D eigenvalue weighted by atomic mass is 15.1. The summed E-state index contributed by atoms with van der Waals surface area (Å²) >= 11 is 0.